The lowest BCUT2D eigenvalue weighted by molar-refractivity contribution is 0.0950. The van der Waals surface area contributed by atoms with Crippen molar-refractivity contribution in [1.29, 1.82) is 0 Å². The molecule has 0 aromatic heterocycles. The summed E-state index contributed by atoms with van der Waals surface area (Å²) in [5, 5.41) is 16.0. The molecule has 50 valence electrons. The largest absolute Gasteiger partial charge is 0.397 e. The highest BCUT2D eigenvalue weighted by Crippen LogP contribution is 2.16. The average Bonchev–Trinajstić information content (AvgIpc) is 1.64. The zero-order valence-electron chi connectivity index (χ0n) is 5.30. The molecule has 0 spiro atoms. The Morgan fingerprint density at radius 3 is 1.75 bits per heavy atom. The number of hydrogen-bond donors (Lipinski definition) is 2. The maximum atomic E-state index is 8.45. The second kappa shape index (κ2) is 5.06. The van der Waals surface area contributed by atoms with E-state index in [0.717, 1.165) is 12.8 Å². The smallest absolute Gasteiger partial charge is 0.0540 e. The molecular formula is C6H14O2. The van der Waals surface area contributed by atoms with Crippen molar-refractivity contribution in [2.45, 2.75) is 32.3 Å². The van der Waals surface area contributed by atoms with Crippen LogP contribution in [-0.4, -0.2) is 22.9 Å². The predicted octanol–water partition coefficient (Wildman–Crippen LogP) is 0.530. The van der Waals surface area contributed by atoms with Gasteiger partial charge in [-0.3, -0.25) is 0 Å². The van der Waals surface area contributed by atoms with Crippen molar-refractivity contribution >= 4 is 0 Å². The number of hydrogen-bond acceptors (Lipinski definition) is 2. The van der Waals surface area contributed by atoms with Gasteiger partial charge >= 0.3 is 0 Å². The number of rotatable bonds is 0. The van der Waals surface area contributed by atoms with Crippen LogP contribution in [0, 0.1) is 0 Å². The summed E-state index contributed by atoms with van der Waals surface area (Å²) in [6.07, 6.45) is 3.39. The molecule has 0 radical (unpaired) electrons. The maximum absolute atomic E-state index is 8.45. The Hall–Kier alpha value is -0.0800. The summed E-state index contributed by atoms with van der Waals surface area (Å²) in [4.78, 5) is 0. The number of aliphatic hydroxyl groups is 2. The van der Waals surface area contributed by atoms with Crippen molar-refractivity contribution in [1.82, 2.24) is 0 Å². The fourth-order valence-electron chi connectivity index (χ4n) is 0.387. The molecule has 2 heteroatoms. The van der Waals surface area contributed by atoms with Crippen LogP contribution in [0.15, 0.2) is 0 Å². The topological polar surface area (TPSA) is 40.5 Å². The molecule has 0 bridgehead atoms. The highest BCUT2D eigenvalue weighted by Gasteiger charge is 2.11. The lowest BCUT2D eigenvalue weighted by atomic mass is 9.97. The molecule has 1 rings (SSSR count). The van der Waals surface area contributed by atoms with E-state index < -0.39 is 0 Å². The summed E-state index contributed by atoms with van der Waals surface area (Å²) >= 11 is 0. The van der Waals surface area contributed by atoms with E-state index in [1.807, 2.05) is 0 Å². The molecular weight excluding hydrogens is 104 g/mol. The fraction of sp³-hybridized carbons (Fsp3) is 1.00. The van der Waals surface area contributed by atoms with Crippen LogP contribution in [0.5, 0.6) is 0 Å². The van der Waals surface area contributed by atoms with Crippen LogP contribution >= 0.6 is 0 Å². The summed E-state index contributed by atoms with van der Waals surface area (Å²) in [6.45, 7) is 1.93. The van der Waals surface area contributed by atoms with Gasteiger partial charge in [-0.1, -0.05) is 0 Å². The molecule has 8 heavy (non-hydrogen) atoms. The average molecular weight is 118 g/mol. The lowest BCUT2D eigenvalue weighted by Gasteiger charge is -2.17. The maximum Gasteiger partial charge on any atom is 0.0540 e. The molecule has 0 aromatic rings. The van der Waals surface area contributed by atoms with Crippen LogP contribution < -0.4 is 0 Å². The van der Waals surface area contributed by atoms with Crippen LogP contribution in [-0.2, 0) is 0 Å². The second-order valence-electron chi connectivity index (χ2n) is 1.90. The summed E-state index contributed by atoms with van der Waals surface area (Å²) in [6, 6.07) is 0. The van der Waals surface area contributed by atoms with Crippen molar-refractivity contribution < 1.29 is 10.2 Å². The monoisotopic (exact) mass is 118 g/mol. The van der Waals surface area contributed by atoms with E-state index in [1.54, 1.807) is 6.92 Å². The van der Waals surface area contributed by atoms with E-state index in [0.29, 0.717) is 0 Å². The fourth-order valence-corrected chi connectivity index (χ4v) is 0.387. The van der Waals surface area contributed by atoms with Crippen LogP contribution in [0.4, 0.5) is 0 Å². The molecule has 2 nitrogen and oxygen atoms in total. The number of aliphatic hydroxyl groups excluding tert-OH is 2. The van der Waals surface area contributed by atoms with Crippen LogP contribution in [0.1, 0.15) is 26.2 Å². The van der Waals surface area contributed by atoms with Crippen molar-refractivity contribution in [2.24, 2.45) is 0 Å². The van der Waals surface area contributed by atoms with E-state index in [-0.39, 0.29) is 12.7 Å². The second-order valence-corrected chi connectivity index (χ2v) is 1.90. The molecule has 0 heterocycles. The van der Waals surface area contributed by atoms with Crippen molar-refractivity contribution in [3.05, 3.63) is 0 Å². The molecule has 0 aliphatic heterocycles. The standard InChI is InChI=1S/C4H8O.C2H6O/c5-4-2-1-3-4;1-2-3/h4-5H,1-3H2;3H,2H2,1H3. The Bertz CT molecular complexity index is 41.8. The van der Waals surface area contributed by atoms with Gasteiger partial charge in [-0.15, -0.1) is 0 Å². The molecule has 1 saturated carbocycles. The minimum absolute atomic E-state index is 0.0648. The van der Waals surface area contributed by atoms with E-state index in [2.05, 4.69) is 0 Å². The van der Waals surface area contributed by atoms with E-state index in [4.69, 9.17) is 10.2 Å². The first kappa shape index (κ1) is 7.92. The molecule has 0 amide bonds. The SMILES string of the molecule is CCO.OC1CCC1. The molecule has 1 aliphatic rings. The zero-order valence-corrected chi connectivity index (χ0v) is 5.30. The van der Waals surface area contributed by atoms with Gasteiger partial charge in [0.2, 0.25) is 0 Å². The van der Waals surface area contributed by atoms with E-state index in [9.17, 15) is 0 Å². The van der Waals surface area contributed by atoms with Crippen molar-refractivity contribution in [2.75, 3.05) is 6.61 Å². The molecule has 1 aliphatic carbocycles. The minimum atomic E-state index is 0.0648. The lowest BCUT2D eigenvalue weighted by Crippen LogP contribution is -2.15. The molecule has 0 aromatic carbocycles. The molecule has 2 N–H and O–H groups in total. The Kier molecular flexibility index (Phi) is 5.01. The Balaban J connectivity index is 0.000000145. The summed E-state index contributed by atoms with van der Waals surface area (Å²) in [7, 11) is 0. The first-order valence-electron chi connectivity index (χ1n) is 3.10. The van der Waals surface area contributed by atoms with Gasteiger partial charge in [0.05, 0.1) is 6.10 Å². The Morgan fingerprint density at radius 2 is 1.75 bits per heavy atom. The molecule has 0 atom stereocenters. The highest BCUT2D eigenvalue weighted by atomic mass is 16.3. The normalized spacial score (nSPS) is 18.4. The third kappa shape index (κ3) is 4.09. The van der Waals surface area contributed by atoms with Gasteiger partial charge in [-0.2, -0.15) is 0 Å². The van der Waals surface area contributed by atoms with E-state index in [1.165, 1.54) is 6.42 Å². The van der Waals surface area contributed by atoms with Gasteiger partial charge < -0.3 is 10.2 Å². The third-order valence-electron chi connectivity index (χ3n) is 1.07. The van der Waals surface area contributed by atoms with Gasteiger partial charge in [0.1, 0.15) is 0 Å². The summed E-state index contributed by atoms with van der Waals surface area (Å²) in [5.74, 6) is 0. The Morgan fingerprint density at radius 1 is 1.50 bits per heavy atom. The van der Waals surface area contributed by atoms with Crippen molar-refractivity contribution in [3.8, 4) is 0 Å². The van der Waals surface area contributed by atoms with Gasteiger partial charge in [-0.25, -0.2) is 0 Å². The van der Waals surface area contributed by atoms with Crippen LogP contribution in [0.3, 0.4) is 0 Å². The third-order valence-corrected chi connectivity index (χ3v) is 1.07. The Labute approximate surface area is 50.2 Å². The highest BCUT2D eigenvalue weighted by molar-refractivity contribution is 4.65. The van der Waals surface area contributed by atoms with Gasteiger partial charge in [0.15, 0.2) is 0 Å². The van der Waals surface area contributed by atoms with Gasteiger partial charge in [0.25, 0.3) is 0 Å². The first-order valence-corrected chi connectivity index (χ1v) is 3.10. The molecule has 0 unspecified atom stereocenters. The zero-order chi connectivity index (χ0) is 6.41. The van der Waals surface area contributed by atoms with E-state index >= 15 is 0 Å². The minimum Gasteiger partial charge on any atom is -0.397 e. The van der Waals surface area contributed by atoms with Crippen molar-refractivity contribution in [3.63, 3.8) is 0 Å². The summed E-state index contributed by atoms with van der Waals surface area (Å²) < 4.78 is 0. The van der Waals surface area contributed by atoms with Gasteiger partial charge in [0, 0.05) is 6.61 Å². The predicted molar refractivity (Wildman–Crippen MR) is 32.6 cm³/mol. The quantitative estimate of drug-likeness (QED) is 0.487. The van der Waals surface area contributed by atoms with Crippen LogP contribution in [0.25, 0.3) is 0 Å². The molecule has 0 saturated heterocycles. The summed E-state index contributed by atoms with van der Waals surface area (Å²) in [5.41, 5.74) is 0. The van der Waals surface area contributed by atoms with Gasteiger partial charge in [-0.05, 0) is 26.2 Å². The van der Waals surface area contributed by atoms with Crippen LogP contribution in [0.2, 0.25) is 0 Å². The molecule has 1 fully saturated rings. The first-order chi connectivity index (χ1) is 3.81.